The molecule has 4 fully saturated rings. The molecule has 152 valence electrons. The zero-order chi connectivity index (χ0) is 18.5. The van der Waals surface area contributed by atoms with Crippen LogP contribution in [0.3, 0.4) is 0 Å². The number of allylic oxidation sites excluding steroid dienone is 6. The zero-order valence-corrected chi connectivity index (χ0v) is 17.8. The zero-order valence-electron chi connectivity index (χ0n) is 17.8. The molecule has 0 spiro atoms. The summed E-state index contributed by atoms with van der Waals surface area (Å²) < 4.78 is 0. The van der Waals surface area contributed by atoms with E-state index < -0.39 is 0 Å². The smallest absolute Gasteiger partial charge is 0.00933 e. The number of hydrogen-bond donors (Lipinski definition) is 0. The predicted molar refractivity (Wildman–Crippen MR) is 118 cm³/mol. The molecule has 0 aromatic carbocycles. The Morgan fingerprint density at radius 1 is 0.536 bits per heavy atom. The summed E-state index contributed by atoms with van der Waals surface area (Å²) in [7, 11) is 0. The molecular weight excluding hydrogens is 336 g/mol. The van der Waals surface area contributed by atoms with E-state index in [-0.39, 0.29) is 0 Å². The third-order valence-corrected chi connectivity index (χ3v) is 10.3. The Labute approximate surface area is 172 Å². The summed E-state index contributed by atoms with van der Waals surface area (Å²) in [6.07, 6.45) is 31.3. The van der Waals surface area contributed by atoms with Gasteiger partial charge in [-0.3, -0.25) is 0 Å². The molecular formula is C28H40. The largest absolute Gasteiger partial charge is 0.0842 e. The van der Waals surface area contributed by atoms with Gasteiger partial charge in [0.25, 0.3) is 0 Å². The van der Waals surface area contributed by atoms with Crippen molar-refractivity contribution in [3.05, 3.63) is 35.5 Å². The van der Waals surface area contributed by atoms with E-state index in [9.17, 15) is 0 Å². The molecule has 8 atom stereocenters. The molecule has 0 nitrogen and oxygen atoms in total. The Kier molecular flexibility index (Phi) is 4.82. The van der Waals surface area contributed by atoms with Gasteiger partial charge in [0.15, 0.2) is 0 Å². The van der Waals surface area contributed by atoms with Crippen LogP contribution < -0.4 is 0 Å². The summed E-state index contributed by atoms with van der Waals surface area (Å²) in [5.74, 6) is 8.14. The number of hydrogen-bond acceptors (Lipinski definition) is 0. The highest BCUT2D eigenvalue weighted by molar-refractivity contribution is 5.39. The first-order valence-electron chi connectivity index (χ1n) is 13.0. The highest BCUT2D eigenvalue weighted by Gasteiger charge is 2.48. The van der Waals surface area contributed by atoms with Crippen molar-refractivity contribution < 1.29 is 0 Å². The molecule has 6 rings (SSSR count). The van der Waals surface area contributed by atoms with Crippen molar-refractivity contribution in [1.82, 2.24) is 0 Å². The van der Waals surface area contributed by atoms with E-state index in [0.29, 0.717) is 0 Å². The van der Waals surface area contributed by atoms with Gasteiger partial charge in [-0.1, -0.05) is 62.0 Å². The SMILES string of the molecule is C1=CC2=CC=C3C(CCCC3C3CCCC4C5CCCCC5CCC34)C2CC1. The number of fused-ring (bicyclic) bond motifs is 6. The minimum absolute atomic E-state index is 0.862. The lowest BCUT2D eigenvalue weighted by molar-refractivity contribution is -0.0218. The summed E-state index contributed by atoms with van der Waals surface area (Å²) in [5, 5.41) is 0. The normalized spacial score (nSPS) is 47.7. The third kappa shape index (κ3) is 2.92. The van der Waals surface area contributed by atoms with Crippen LogP contribution in [0.4, 0.5) is 0 Å². The van der Waals surface area contributed by atoms with Crippen LogP contribution in [-0.2, 0) is 0 Å². The average Bonchev–Trinajstić information content (AvgIpc) is 2.78. The molecule has 6 aliphatic rings. The van der Waals surface area contributed by atoms with E-state index in [2.05, 4.69) is 24.3 Å². The van der Waals surface area contributed by atoms with Crippen LogP contribution in [0.15, 0.2) is 35.5 Å². The Balaban J connectivity index is 1.28. The van der Waals surface area contributed by atoms with Gasteiger partial charge in [0.1, 0.15) is 0 Å². The molecule has 0 aromatic rings. The molecule has 28 heavy (non-hydrogen) atoms. The molecule has 0 N–H and O–H groups in total. The van der Waals surface area contributed by atoms with E-state index >= 15 is 0 Å². The molecule has 0 aliphatic heterocycles. The Bertz CT molecular complexity index is 678. The number of rotatable bonds is 1. The molecule has 0 bridgehead atoms. The average molecular weight is 377 g/mol. The third-order valence-electron chi connectivity index (χ3n) is 10.3. The fraction of sp³-hybridized carbons (Fsp3) is 0.786. The molecule has 0 saturated heterocycles. The van der Waals surface area contributed by atoms with E-state index in [4.69, 9.17) is 0 Å². The van der Waals surface area contributed by atoms with Crippen LogP contribution in [0, 0.1) is 47.3 Å². The van der Waals surface area contributed by atoms with Crippen LogP contribution in [0.5, 0.6) is 0 Å². The van der Waals surface area contributed by atoms with Crippen LogP contribution in [0.2, 0.25) is 0 Å². The summed E-state index contributed by atoms with van der Waals surface area (Å²) in [6, 6.07) is 0. The molecule has 0 heteroatoms. The van der Waals surface area contributed by atoms with E-state index in [0.717, 1.165) is 47.3 Å². The Morgan fingerprint density at radius 2 is 1.32 bits per heavy atom. The topological polar surface area (TPSA) is 0 Å². The molecule has 0 heterocycles. The molecule has 0 radical (unpaired) electrons. The van der Waals surface area contributed by atoms with E-state index in [1.165, 1.54) is 51.4 Å². The van der Waals surface area contributed by atoms with Gasteiger partial charge in [-0.05, 0) is 111 Å². The van der Waals surface area contributed by atoms with Crippen molar-refractivity contribution in [2.24, 2.45) is 47.3 Å². The Morgan fingerprint density at radius 3 is 2.32 bits per heavy atom. The fourth-order valence-electron chi connectivity index (χ4n) is 9.26. The summed E-state index contributed by atoms with van der Waals surface area (Å²) in [5.41, 5.74) is 3.58. The van der Waals surface area contributed by atoms with E-state index in [1.807, 2.05) is 5.57 Å². The lowest BCUT2D eigenvalue weighted by Gasteiger charge is -2.54. The van der Waals surface area contributed by atoms with Crippen molar-refractivity contribution in [1.29, 1.82) is 0 Å². The van der Waals surface area contributed by atoms with Crippen LogP contribution >= 0.6 is 0 Å². The molecule has 8 unspecified atom stereocenters. The van der Waals surface area contributed by atoms with Gasteiger partial charge < -0.3 is 0 Å². The van der Waals surface area contributed by atoms with Crippen LogP contribution in [0.25, 0.3) is 0 Å². The van der Waals surface area contributed by atoms with Crippen molar-refractivity contribution in [2.75, 3.05) is 0 Å². The minimum Gasteiger partial charge on any atom is -0.0842 e. The first-order chi connectivity index (χ1) is 13.9. The molecule has 4 saturated carbocycles. The van der Waals surface area contributed by atoms with Gasteiger partial charge in [0.2, 0.25) is 0 Å². The highest BCUT2D eigenvalue weighted by atomic mass is 14.5. The van der Waals surface area contributed by atoms with E-state index in [1.54, 1.807) is 44.1 Å². The monoisotopic (exact) mass is 376 g/mol. The van der Waals surface area contributed by atoms with Gasteiger partial charge in [0.05, 0.1) is 0 Å². The minimum atomic E-state index is 0.862. The second-order valence-corrected chi connectivity index (χ2v) is 11.3. The maximum Gasteiger partial charge on any atom is -0.00933 e. The first kappa shape index (κ1) is 18.0. The second kappa shape index (κ2) is 7.48. The van der Waals surface area contributed by atoms with Crippen molar-refractivity contribution in [3.8, 4) is 0 Å². The summed E-state index contributed by atoms with van der Waals surface area (Å²) in [4.78, 5) is 0. The van der Waals surface area contributed by atoms with Gasteiger partial charge in [-0.15, -0.1) is 0 Å². The van der Waals surface area contributed by atoms with Gasteiger partial charge in [-0.2, -0.15) is 0 Å². The standard InChI is InChI=1S/C28H40/c1-3-9-21-19(7-1)15-17-27-23(21)11-5-13-25(27)26-14-6-12-24-22-10-4-2-8-20(22)16-18-28(24)26/h1,7,15,17,20-26,28H,2-6,8-14,16,18H2. The maximum atomic E-state index is 2.63. The summed E-state index contributed by atoms with van der Waals surface area (Å²) in [6.45, 7) is 0. The van der Waals surface area contributed by atoms with Crippen molar-refractivity contribution >= 4 is 0 Å². The van der Waals surface area contributed by atoms with Gasteiger partial charge >= 0.3 is 0 Å². The highest BCUT2D eigenvalue weighted by Crippen LogP contribution is 2.58. The molecule has 0 aromatic heterocycles. The van der Waals surface area contributed by atoms with Crippen molar-refractivity contribution in [2.45, 2.75) is 89.9 Å². The fourth-order valence-corrected chi connectivity index (χ4v) is 9.26. The lowest BCUT2D eigenvalue weighted by Crippen LogP contribution is -2.45. The van der Waals surface area contributed by atoms with Crippen LogP contribution in [-0.4, -0.2) is 0 Å². The Hall–Kier alpha value is -0.780. The predicted octanol–water partition coefficient (Wildman–Crippen LogP) is 7.87. The van der Waals surface area contributed by atoms with Crippen molar-refractivity contribution in [3.63, 3.8) is 0 Å². The maximum absolute atomic E-state index is 2.63. The molecule has 0 amide bonds. The summed E-state index contributed by atoms with van der Waals surface area (Å²) >= 11 is 0. The van der Waals surface area contributed by atoms with Crippen LogP contribution in [0.1, 0.15) is 89.9 Å². The second-order valence-electron chi connectivity index (χ2n) is 11.3. The molecule has 6 aliphatic carbocycles. The lowest BCUT2D eigenvalue weighted by atomic mass is 9.51. The van der Waals surface area contributed by atoms with Gasteiger partial charge in [-0.25, -0.2) is 0 Å². The first-order valence-corrected chi connectivity index (χ1v) is 13.0. The quantitative estimate of drug-likeness (QED) is 0.437. The van der Waals surface area contributed by atoms with Gasteiger partial charge in [0, 0.05) is 0 Å².